The van der Waals surface area contributed by atoms with Crippen molar-refractivity contribution in [2.45, 2.75) is 19.9 Å². The normalized spacial score (nSPS) is 12.3. The summed E-state index contributed by atoms with van der Waals surface area (Å²) in [5.74, 6) is 0.589. The van der Waals surface area contributed by atoms with E-state index in [1.54, 1.807) is 13.1 Å². The van der Waals surface area contributed by atoms with E-state index < -0.39 is 0 Å². The summed E-state index contributed by atoms with van der Waals surface area (Å²) in [6.45, 7) is 4.65. The smallest absolute Gasteiger partial charge is 0.410 e. The maximum atomic E-state index is 11.7. The third kappa shape index (κ3) is 3.74. The quantitative estimate of drug-likeness (QED) is 0.826. The first-order valence-electron chi connectivity index (χ1n) is 6.15. The fourth-order valence-electron chi connectivity index (χ4n) is 1.44. The summed E-state index contributed by atoms with van der Waals surface area (Å²) in [4.78, 5) is 15.3. The fraction of sp³-hybridized carbons (Fsp3) is 0.500. The van der Waals surface area contributed by atoms with Gasteiger partial charge in [0, 0.05) is 19.6 Å². The van der Waals surface area contributed by atoms with Crippen molar-refractivity contribution in [1.29, 1.82) is 0 Å². The molecule has 0 aromatic heterocycles. The fourth-order valence-corrected chi connectivity index (χ4v) is 1.44. The lowest BCUT2D eigenvalue weighted by Gasteiger charge is -2.21. The third-order valence-corrected chi connectivity index (χ3v) is 3.11. The van der Waals surface area contributed by atoms with Crippen molar-refractivity contribution < 1.29 is 9.53 Å². The predicted molar refractivity (Wildman–Crippen MR) is 72.9 cm³/mol. The third-order valence-electron chi connectivity index (χ3n) is 3.11. The number of hydrogen-bond acceptors (Lipinski definition) is 3. The average molecular weight is 252 g/mol. The number of rotatable bonds is 4. The van der Waals surface area contributed by atoms with Crippen molar-refractivity contribution >= 4 is 6.09 Å². The van der Waals surface area contributed by atoms with E-state index >= 15 is 0 Å². The summed E-state index contributed by atoms with van der Waals surface area (Å²) in [5.41, 5.74) is 1.13. The number of nitrogens with zero attached hydrogens (tertiary/aromatic N) is 2. The minimum Gasteiger partial charge on any atom is -0.410 e. The molecule has 100 valence electrons. The van der Waals surface area contributed by atoms with Gasteiger partial charge in [-0.25, -0.2) is 4.79 Å². The molecule has 0 bridgehead atoms. The Bertz CT molecular complexity index is 405. The Kier molecular flexibility index (Phi) is 5.16. The Morgan fingerprint density at radius 3 is 2.56 bits per heavy atom. The zero-order valence-corrected chi connectivity index (χ0v) is 11.8. The number of hydrogen-bond donors (Lipinski definition) is 0. The Hall–Kier alpha value is -1.55. The number of carbonyl (C=O) groups is 1. The maximum Gasteiger partial charge on any atom is 0.414 e. The number of ether oxygens (including phenoxy) is 1. The topological polar surface area (TPSA) is 32.8 Å². The summed E-state index contributed by atoms with van der Waals surface area (Å²) < 4.78 is 5.31. The van der Waals surface area contributed by atoms with Crippen LogP contribution in [0.2, 0.25) is 0 Å². The minimum absolute atomic E-state index is 0.285. The van der Waals surface area contributed by atoms with Crippen LogP contribution in [0.3, 0.4) is 0 Å². The molecule has 1 aromatic rings. The van der Waals surface area contributed by atoms with Gasteiger partial charge in [0.05, 0.1) is 0 Å². The van der Waals surface area contributed by atoms with E-state index in [2.05, 4.69) is 11.8 Å². The van der Waals surface area contributed by atoms with Crippen molar-refractivity contribution in [3.63, 3.8) is 0 Å². The van der Waals surface area contributed by atoms with Crippen LogP contribution in [-0.4, -0.2) is 43.6 Å². The molecule has 0 saturated heterocycles. The number of benzene rings is 1. The van der Waals surface area contributed by atoms with Gasteiger partial charge in [-0.3, -0.25) is 0 Å². The van der Waals surface area contributed by atoms with E-state index in [1.807, 2.05) is 39.2 Å². The van der Waals surface area contributed by atoms with Crippen LogP contribution in [0, 0.1) is 0 Å². The summed E-state index contributed by atoms with van der Waals surface area (Å²) in [6.07, 6.45) is -0.327. The highest BCUT2D eigenvalue weighted by molar-refractivity contribution is 5.70. The Labute approximate surface area is 109 Å². The zero-order valence-electron chi connectivity index (χ0n) is 11.8. The van der Waals surface area contributed by atoms with Gasteiger partial charge in [-0.15, -0.1) is 0 Å². The first kappa shape index (κ1) is 14.5. The van der Waals surface area contributed by atoms with Crippen LogP contribution in [0.1, 0.15) is 25.5 Å². The molecule has 0 aliphatic heterocycles. The Balaban J connectivity index is 2.80. The minimum atomic E-state index is -0.327. The molecule has 1 rings (SSSR count). The molecule has 4 nitrogen and oxygen atoms in total. The molecule has 0 spiro atoms. The molecule has 0 heterocycles. The lowest BCUT2D eigenvalue weighted by Crippen LogP contribution is -2.29. The van der Waals surface area contributed by atoms with E-state index in [4.69, 9.17) is 4.74 Å². The Morgan fingerprint density at radius 2 is 2.00 bits per heavy atom. The zero-order chi connectivity index (χ0) is 13.7. The molecule has 0 fully saturated rings. The standard InChI is InChI=1S/C14H22N2O2/c1-6-16(5)14(17)18-13-9-7-8-12(10-13)11(2)15(3)4/h7-11H,6H2,1-5H3/t11-/m0/s1/i11+2. The molecule has 1 amide bonds. The van der Waals surface area contributed by atoms with Crippen LogP contribution in [0.25, 0.3) is 0 Å². The van der Waals surface area contributed by atoms with E-state index in [0.29, 0.717) is 12.3 Å². The van der Waals surface area contributed by atoms with Crippen LogP contribution in [0.15, 0.2) is 24.3 Å². The van der Waals surface area contributed by atoms with Gasteiger partial charge in [-0.2, -0.15) is 0 Å². The molecule has 0 aliphatic rings. The lowest BCUT2D eigenvalue weighted by molar-refractivity contribution is 0.165. The molecule has 0 saturated carbocycles. The highest BCUT2D eigenvalue weighted by Gasteiger charge is 2.12. The molecule has 0 N–H and O–H groups in total. The van der Waals surface area contributed by atoms with Crippen LogP contribution in [0.4, 0.5) is 4.79 Å². The summed E-state index contributed by atoms with van der Waals surface area (Å²) in [7, 11) is 5.76. The lowest BCUT2D eigenvalue weighted by atomic mass is 10.3. The molecule has 18 heavy (non-hydrogen) atoms. The second-order valence-corrected chi connectivity index (χ2v) is 4.59. The molecule has 0 radical (unpaired) electrons. The van der Waals surface area contributed by atoms with Gasteiger partial charge in [0.1, 0.15) is 5.75 Å². The number of carbonyl (C=O) groups excluding carboxylic acids is 1. The highest BCUT2D eigenvalue weighted by Crippen LogP contribution is 2.22. The van der Waals surface area contributed by atoms with E-state index in [1.165, 1.54) is 4.90 Å². The summed E-state index contributed by atoms with van der Waals surface area (Å²) in [5, 5.41) is 0. The highest BCUT2D eigenvalue weighted by atomic mass is 16.6. The second kappa shape index (κ2) is 6.40. The molecule has 1 aromatic carbocycles. The van der Waals surface area contributed by atoms with Crippen molar-refractivity contribution in [3.05, 3.63) is 29.8 Å². The van der Waals surface area contributed by atoms with Gasteiger partial charge >= 0.3 is 6.09 Å². The molecular weight excluding hydrogens is 230 g/mol. The first-order chi connectivity index (χ1) is 8.45. The molecule has 4 heteroatoms. The summed E-state index contributed by atoms with van der Waals surface area (Å²) >= 11 is 0. The number of amides is 1. The SMILES string of the molecule is CCN(C)C(=O)Oc1cccc([14C@H](C)N(C)C)c1. The predicted octanol–water partition coefficient (Wildman–Crippen LogP) is 2.76. The van der Waals surface area contributed by atoms with Gasteiger partial charge in [0.15, 0.2) is 0 Å². The van der Waals surface area contributed by atoms with Gasteiger partial charge < -0.3 is 14.5 Å². The van der Waals surface area contributed by atoms with Crippen LogP contribution >= 0.6 is 0 Å². The second-order valence-electron chi connectivity index (χ2n) is 4.59. The molecular formula is C14H22N2O2. The monoisotopic (exact) mass is 252 g/mol. The van der Waals surface area contributed by atoms with Gasteiger partial charge in [0.25, 0.3) is 0 Å². The van der Waals surface area contributed by atoms with E-state index in [9.17, 15) is 4.79 Å². The van der Waals surface area contributed by atoms with Gasteiger partial charge in [-0.05, 0) is 45.6 Å². The van der Waals surface area contributed by atoms with Gasteiger partial charge in [0.2, 0.25) is 0 Å². The molecule has 0 aliphatic carbocycles. The average Bonchev–Trinajstić information content (AvgIpc) is 2.36. The van der Waals surface area contributed by atoms with E-state index in [0.717, 1.165) is 5.56 Å². The van der Waals surface area contributed by atoms with E-state index in [-0.39, 0.29) is 12.1 Å². The largest absolute Gasteiger partial charge is 0.414 e. The molecule has 0 unspecified atom stereocenters. The van der Waals surface area contributed by atoms with Crippen LogP contribution < -0.4 is 4.74 Å². The first-order valence-corrected chi connectivity index (χ1v) is 6.15. The van der Waals surface area contributed by atoms with Crippen molar-refractivity contribution in [3.8, 4) is 5.75 Å². The van der Waals surface area contributed by atoms with Gasteiger partial charge in [-0.1, -0.05) is 12.1 Å². The van der Waals surface area contributed by atoms with Crippen molar-refractivity contribution in [2.75, 3.05) is 27.7 Å². The van der Waals surface area contributed by atoms with Crippen molar-refractivity contribution in [2.24, 2.45) is 0 Å². The van der Waals surface area contributed by atoms with Crippen LogP contribution in [0.5, 0.6) is 5.75 Å². The van der Waals surface area contributed by atoms with Crippen molar-refractivity contribution in [1.82, 2.24) is 9.80 Å². The summed E-state index contributed by atoms with van der Waals surface area (Å²) in [6, 6.07) is 7.93. The maximum absolute atomic E-state index is 11.7. The Morgan fingerprint density at radius 1 is 1.33 bits per heavy atom. The van der Waals surface area contributed by atoms with Crippen LogP contribution in [-0.2, 0) is 0 Å². The molecule has 1 atom stereocenters.